The van der Waals surface area contributed by atoms with Crippen LogP contribution in [0.25, 0.3) is 12.7 Å². The molecule has 0 unspecified atom stereocenters. The minimum Gasteiger partial charge on any atom is -0.353 e. The lowest BCUT2D eigenvalue weighted by Gasteiger charge is -2.29. The molecule has 1 N–H and O–H groups in total. The predicted molar refractivity (Wildman–Crippen MR) is 85.4 cm³/mol. The maximum atomic E-state index is 13.1. The summed E-state index contributed by atoms with van der Waals surface area (Å²) in [5, 5.41) is 3.81. The highest BCUT2D eigenvalue weighted by molar-refractivity contribution is 5.47. The Hall–Kier alpha value is -1.89. The molecule has 0 aliphatic carbocycles. The standard InChI is InChI=1S/C16H21F3N4/c1-4-11(2)5-6-13-12(3)14(23-9-7-20-8-10-23)22-15(21-13)16(17,18)19/h5-6,20H,3-4,7-10H2,1-2H3/b11-5+,13-6+. The lowest BCUT2D eigenvalue weighted by molar-refractivity contribution is -0.145. The van der Waals surface area contributed by atoms with Gasteiger partial charge in [0.1, 0.15) is 5.82 Å². The van der Waals surface area contributed by atoms with Gasteiger partial charge in [-0.25, -0.2) is 9.97 Å². The van der Waals surface area contributed by atoms with E-state index in [1.807, 2.05) is 18.7 Å². The third kappa shape index (κ3) is 4.31. The number of hydrogen-bond donors (Lipinski definition) is 1. The van der Waals surface area contributed by atoms with Gasteiger partial charge in [0.2, 0.25) is 5.82 Å². The van der Waals surface area contributed by atoms with Crippen LogP contribution in [0, 0.1) is 0 Å². The number of anilines is 1. The second kappa shape index (κ2) is 7.12. The Balaban J connectivity index is 2.59. The van der Waals surface area contributed by atoms with E-state index in [9.17, 15) is 13.2 Å². The molecule has 1 saturated heterocycles. The van der Waals surface area contributed by atoms with Crippen LogP contribution >= 0.6 is 0 Å². The number of hydrogen-bond acceptors (Lipinski definition) is 4. The van der Waals surface area contributed by atoms with E-state index in [-0.39, 0.29) is 11.2 Å². The Morgan fingerprint density at radius 2 is 1.96 bits per heavy atom. The number of allylic oxidation sites excluding steroid dienone is 2. The van der Waals surface area contributed by atoms with Crippen LogP contribution in [0.4, 0.5) is 19.0 Å². The highest BCUT2D eigenvalue weighted by atomic mass is 19.4. The summed E-state index contributed by atoms with van der Waals surface area (Å²) in [5.41, 5.74) is 1.06. The lowest BCUT2D eigenvalue weighted by Crippen LogP contribution is -2.48. The van der Waals surface area contributed by atoms with Crippen LogP contribution in [0.2, 0.25) is 0 Å². The zero-order valence-corrected chi connectivity index (χ0v) is 13.4. The topological polar surface area (TPSA) is 41.0 Å². The molecule has 2 rings (SSSR count). The van der Waals surface area contributed by atoms with Crippen molar-refractivity contribution in [3.8, 4) is 0 Å². The molecule has 126 valence electrons. The predicted octanol–water partition coefficient (Wildman–Crippen LogP) is 1.45. The third-order valence-corrected chi connectivity index (χ3v) is 3.77. The molecule has 0 amide bonds. The van der Waals surface area contributed by atoms with Crippen molar-refractivity contribution in [2.45, 2.75) is 26.4 Å². The third-order valence-electron chi connectivity index (χ3n) is 3.77. The van der Waals surface area contributed by atoms with Gasteiger partial charge in [0.05, 0.1) is 5.35 Å². The summed E-state index contributed by atoms with van der Waals surface area (Å²) < 4.78 is 39.3. The fourth-order valence-electron chi connectivity index (χ4n) is 2.23. The smallest absolute Gasteiger partial charge is 0.353 e. The van der Waals surface area contributed by atoms with Gasteiger partial charge in [-0.15, -0.1) is 0 Å². The van der Waals surface area contributed by atoms with Crippen LogP contribution in [0.3, 0.4) is 0 Å². The number of alkyl halides is 3. The van der Waals surface area contributed by atoms with Crippen LogP contribution in [0.5, 0.6) is 0 Å². The van der Waals surface area contributed by atoms with E-state index in [4.69, 9.17) is 0 Å². The van der Waals surface area contributed by atoms with E-state index in [0.717, 1.165) is 12.0 Å². The van der Waals surface area contributed by atoms with E-state index in [2.05, 4.69) is 21.9 Å². The molecule has 0 bridgehead atoms. The normalized spacial score (nSPS) is 17.7. The first kappa shape index (κ1) is 17.5. The van der Waals surface area contributed by atoms with E-state index in [1.165, 1.54) is 0 Å². The Morgan fingerprint density at radius 1 is 1.30 bits per heavy atom. The van der Waals surface area contributed by atoms with E-state index < -0.39 is 12.0 Å². The summed E-state index contributed by atoms with van der Waals surface area (Å²) in [4.78, 5) is 9.22. The highest BCUT2D eigenvalue weighted by Crippen LogP contribution is 2.25. The minimum atomic E-state index is -4.58. The van der Waals surface area contributed by atoms with Gasteiger partial charge in [0.25, 0.3) is 0 Å². The first-order valence-electron chi connectivity index (χ1n) is 7.60. The van der Waals surface area contributed by atoms with Crippen LogP contribution in [0.1, 0.15) is 26.1 Å². The number of halogens is 3. The molecule has 1 aromatic rings. The van der Waals surface area contributed by atoms with Crippen LogP contribution in [0.15, 0.2) is 11.6 Å². The van der Waals surface area contributed by atoms with Gasteiger partial charge in [0, 0.05) is 31.4 Å². The van der Waals surface area contributed by atoms with Crippen molar-refractivity contribution in [2.24, 2.45) is 0 Å². The SMILES string of the molecule is C=c1c(N2CCNCC2)nc(C(F)(F)F)n/c1=C/C=C(\C)CC. The van der Waals surface area contributed by atoms with Gasteiger partial charge in [-0.05, 0) is 19.4 Å². The van der Waals surface area contributed by atoms with E-state index in [1.54, 1.807) is 12.2 Å². The molecular formula is C16H21F3N4. The Morgan fingerprint density at radius 3 is 2.52 bits per heavy atom. The number of nitrogens with zero attached hydrogens (tertiary/aromatic N) is 3. The molecule has 0 radical (unpaired) electrons. The van der Waals surface area contributed by atoms with Crippen molar-refractivity contribution in [2.75, 3.05) is 31.1 Å². The average Bonchev–Trinajstić information content (AvgIpc) is 2.53. The average molecular weight is 326 g/mol. The molecule has 4 nitrogen and oxygen atoms in total. The van der Waals surface area contributed by atoms with Crippen molar-refractivity contribution < 1.29 is 13.2 Å². The number of aromatic nitrogens is 2. The molecule has 0 saturated carbocycles. The second-order valence-corrected chi connectivity index (χ2v) is 5.50. The summed E-state index contributed by atoms with van der Waals surface area (Å²) in [6, 6.07) is 0. The lowest BCUT2D eigenvalue weighted by atomic mass is 10.2. The van der Waals surface area contributed by atoms with Crippen molar-refractivity contribution >= 4 is 18.5 Å². The van der Waals surface area contributed by atoms with Crippen molar-refractivity contribution in [1.82, 2.24) is 15.3 Å². The molecular weight excluding hydrogens is 305 g/mol. The van der Waals surface area contributed by atoms with Crippen molar-refractivity contribution in [1.29, 1.82) is 0 Å². The molecule has 1 aliphatic heterocycles. The monoisotopic (exact) mass is 326 g/mol. The zero-order valence-electron chi connectivity index (χ0n) is 13.4. The molecule has 23 heavy (non-hydrogen) atoms. The number of rotatable bonds is 3. The molecule has 0 atom stereocenters. The maximum Gasteiger partial charge on any atom is 0.451 e. The summed E-state index contributed by atoms with van der Waals surface area (Å²) in [5.74, 6) is -0.852. The Kier molecular flexibility index (Phi) is 5.41. The molecule has 1 aromatic heterocycles. The zero-order chi connectivity index (χ0) is 17.0. The first-order valence-corrected chi connectivity index (χ1v) is 7.60. The Labute approximate surface area is 133 Å². The molecule has 0 spiro atoms. The number of nitrogens with one attached hydrogen (secondary N) is 1. The quantitative estimate of drug-likeness (QED) is 0.913. The van der Waals surface area contributed by atoms with Crippen LogP contribution in [-0.2, 0) is 6.18 Å². The number of piperazine rings is 1. The molecule has 1 fully saturated rings. The van der Waals surface area contributed by atoms with E-state index >= 15 is 0 Å². The van der Waals surface area contributed by atoms with Crippen molar-refractivity contribution in [3.05, 3.63) is 28.0 Å². The highest BCUT2D eigenvalue weighted by Gasteiger charge is 2.35. The fourth-order valence-corrected chi connectivity index (χ4v) is 2.23. The first-order chi connectivity index (χ1) is 10.8. The molecule has 7 heteroatoms. The molecule has 0 aromatic carbocycles. The van der Waals surface area contributed by atoms with Gasteiger partial charge in [-0.2, -0.15) is 13.2 Å². The van der Waals surface area contributed by atoms with Gasteiger partial charge in [0.15, 0.2) is 0 Å². The van der Waals surface area contributed by atoms with Gasteiger partial charge >= 0.3 is 6.18 Å². The molecule has 1 aliphatic rings. The fraction of sp³-hybridized carbons (Fsp3) is 0.500. The molecule has 2 heterocycles. The maximum absolute atomic E-state index is 13.1. The summed E-state index contributed by atoms with van der Waals surface area (Å²) in [7, 11) is 0. The summed E-state index contributed by atoms with van der Waals surface area (Å²) in [6.07, 6.45) is -0.393. The van der Waals surface area contributed by atoms with Gasteiger partial charge < -0.3 is 10.2 Å². The summed E-state index contributed by atoms with van der Waals surface area (Å²) >= 11 is 0. The minimum absolute atomic E-state index is 0.216. The largest absolute Gasteiger partial charge is 0.451 e. The van der Waals surface area contributed by atoms with E-state index in [0.29, 0.717) is 31.4 Å². The van der Waals surface area contributed by atoms with Gasteiger partial charge in [-0.1, -0.05) is 25.2 Å². The Bertz CT molecular complexity index is 689. The second-order valence-electron chi connectivity index (χ2n) is 5.50. The van der Waals surface area contributed by atoms with Crippen LogP contribution < -0.4 is 20.8 Å². The van der Waals surface area contributed by atoms with Crippen molar-refractivity contribution in [3.63, 3.8) is 0 Å². The van der Waals surface area contributed by atoms with Crippen LogP contribution in [-0.4, -0.2) is 36.1 Å². The summed E-state index contributed by atoms with van der Waals surface area (Å²) in [6.45, 7) is 10.4. The van der Waals surface area contributed by atoms with Gasteiger partial charge in [-0.3, -0.25) is 0 Å².